The van der Waals surface area contributed by atoms with E-state index in [4.69, 9.17) is 0 Å². The first-order valence-electron chi connectivity index (χ1n) is 17.5. The quantitative estimate of drug-likeness (QED) is 0.172. The van der Waals surface area contributed by atoms with E-state index in [0.717, 1.165) is 6.42 Å². The average molecular weight is 646 g/mol. The van der Waals surface area contributed by atoms with Gasteiger partial charge in [-0.2, -0.15) is 0 Å². The van der Waals surface area contributed by atoms with Crippen LogP contribution >= 0.6 is 11.3 Å². The van der Waals surface area contributed by atoms with Gasteiger partial charge in [-0.3, -0.25) is 0 Å². The Labute approximate surface area is 290 Å². The number of nitrogens with zero attached hydrogens (tertiary/aromatic N) is 1. The van der Waals surface area contributed by atoms with Crippen molar-refractivity contribution in [2.45, 2.75) is 32.6 Å². The van der Waals surface area contributed by atoms with E-state index in [2.05, 4.69) is 157 Å². The van der Waals surface area contributed by atoms with Gasteiger partial charge in [0.2, 0.25) is 0 Å². The Balaban J connectivity index is 1.14. The van der Waals surface area contributed by atoms with Crippen LogP contribution in [-0.4, -0.2) is 0 Å². The molecule has 0 amide bonds. The lowest BCUT2D eigenvalue weighted by Crippen LogP contribution is -2.13. The maximum Gasteiger partial charge on any atom is 0.0640 e. The number of rotatable bonds is 4. The number of thiophene rings is 1. The summed E-state index contributed by atoms with van der Waals surface area (Å²) in [5.41, 5.74) is 10.5. The maximum absolute atomic E-state index is 2.52. The maximum atomic E-state index is 2.52. The van der Waals surface area contributed by atoms with Crippen molar-refractivity contribution in [3.63, 3.8) is 0 Å². The van der Waals surface area contributed by atoms with Crippen LogP contribution < -0.4 is 4.90 Å². The van der Waals surface area contributed by atoms with Gasteiger partial charge >= 0.3 is 0 Å². The molecule has 0 saturated heterocycles. The average Bonchev–Trinajstić information content (AvgIpc) is 3.55. The Kier molecular flexibility index (Phi) is 6.60. The second-order valence-electron chi connectivity index (χ2n) is 13.6. The number of anilines is 3. The van der Waals surface area contributed by atoms with Crippen LogP contribution in [0.4, 0.5) is 17.1 Å². The van der Waals surface area contributed by atoms with Gasteiger partial charge in [-0.25, -0.2) is 0 Å². The first kappa shape index (κ1) is 28.6. The highest BCUT2D eigenvalue weighted by Crippen LogP contribution is 2.46. The number of hydrogen-bond donors (Lipinski definition) is 0. The monoisotopic (exact) mass is 645 g/mol. The van der Waals surface area contributed by atoms with Gasteiger partial charge in [-0.15, -0.1) is 11.3 Å². The van der Waals surface area contributed by atoms with Gasteiger partial charge < -0.3 is 4.90 Å². The summed E-state index contributed by atoms with van der Waals surface area (Å²) in [7, 11) is 0. The van der Waals surface area contributed by atoms with Crippen LogP contribution in [0.3, 0.4) is 0 Å². The molecule has 0 N–H and O–H groups in total. The number of hydrogen-bond acceptors (Lipinski definition) is 2. The van der Waals surface area contributed by atoms with Gasteiger partial charge in [0.05, 0.1) is 10.4 Å². The highest BCUT2D eigenvalue weighted by Gasteiger charge is 2.22. The topological polar surface area (TPSA) is 3.24 Å². The summed E-state index contributed by atoms with van der Waals surface area (Å²) in [5.74, 6) is 0. The molecule has 9 aromatic rings. The van der Waals surface area contributed by atoms with Crippen molar-refractivity contribution < 1.29 is 0 Å². The lowest BCUT2D eigenvalue weighted by atomic mass is 9.89. The fourth-order valence-electron chi connectivity index (χ4n) is 8.34. The lowest BCUT2D eigenvalue weighted by molar-refractivity contribution is 0.685. The summed E-state index contributed by atoms with van der Waals surface area (Å²) in [4.78, 5) is 2.52. The van der Waals surface area contributed by atoms with Crippen LogP contribution in [0.2, 0.25) is 0 Å². The zero-order valence-electron chi connectivity index (χ0n) is 27.5. The van der Waals surface area contributed by atoms with Gasteiger partial charge in [0, 0.05) is 26.8 Å². The smallest absolute Gasteiger partial charge is 0.0640 e. The Morgan fingerprint density at radius 3 is 1.73 bits per heavy atom. The Morgan fingerprint density at radius 1 is 0.449 bits per heavy atom. The van der Waals surface area contributed by atoms with Crippen LogP contribution in [0.5, 0.6) is 0 Å². The second-order valence-corrected chi connectivity index (χ2v) is 14.7. The molecule has 1 aliphatic rings. The molecule has 10 rings (SSSR count). The van der Waals surface area contributed by atoms with Crippen molar-refractivity contribution in [3.05, 3.63) is 162 Å². The third-order valence-electron chi connectivity index (χ3n) is 10.7. The van der Waals surface area contributed by atoms with Crippen LogP contribution in [0, 0.1) is 6.92 Å². The largest absolute Gasteiger partial charge is 0.309 e. The van der Waals surface area contributed by atoms with E-state index < -0.39 is 0 Å². The molecule has 0 fully saturated rings. The van der Waals surface area contributed by atoms with E-state index in [0.29, 0.717) is 0 Å². The predicted molar refractivity (Wildman–Crippen MR) is 213 cm³/mol. The minimum atomic E-state index is 1.16. The van der Waals surface area contributed by atoms with Crippen LogP contribution in [-0.2, 0) is 12.8 Å². The standard InChI is InChI=1S/C47H35NS/c1-30-27-32-11-2-3-12-33(32)29-45(30)48(44-19-10-18-42-41-17-8-9-20-46(41)49-47(42)44)35-24-21-31(22-25-35)34-23-26-40-38-15-5-4-13-36(38)37-14-6-7-16-39(37)43(40)28-34/h4-10,13-29H,2-3,11-12H2,1H3. The molecule has 2 heteroatoms. The highest BCUT2D eigenvalue weighted by molar-refractivity contribution is 7.26. The molecule has 49 heavy (non-hydrogen) atoms. The molecule has 1 heterocycles. The van der Waals surface area contributed by atoms with Crippen LogP contribution in [0.15, 0.2) is 146 Å². The molecule has 1 aromatic heterocycles. The van der Waals surface area contributed by atoms with E-state index in [1.807, 2.05) is 11.3 Å². The number of aryl methyl sites for hydroxylation is 3. The van der Waals surface area contributed by atoms with Crippen molar-refractivity contribution in [1.82, 2.24) is 0 Å². The van der Waals surface area contributed by atoms with Gasteiger partial charge in [0.15, 0.2) is 0 Å². The molecule has 0 aliphatic heterocycles. The van der Waals surface area contributed by atoms with Crippen molar-refractivity contribution in [2.24, 2.45) is 0 Å². The SMILES string of the molecule is Cc1cc2c(cc1N(c1ccc(-c3ccc4c5ccccc5c5ccccc5c4c3)cc1)c1cccc3c1sc1ccccc13)CCCC2. The fourth-order valence-corrected chi connectivity index (χ4v) is 9.55. The Bertz CT molecular complexity index is 2700. The summed E-state index contributed by atoms with van der Waals surface area (Å²) < 4.78 is 2.66. The van der Waals surface area contributed by atoms with Crippen molar-refractivity contribution >= 4 is 80.9 Å². The van der Waals surface area contributed by atoms with Crippen LogP contribution in [0.1, 0.15) is 29.5 Å². The first-order valence-corrected chi connectivity index (χ1v) is 18.3. The molecule has 0 unspecified atom stereocenters. The molecule has 8 aromatic carbocycles. The molecule has 0 radical (unpaired) electrons. The molecule has 0 bridgehead atoms. The minimum Gasteiger partial charge on any atom is -0.309 e. The Hall–Kier alpha value is -5.44. The summed E-state index contributed by atoms with van der Waals surface area (Å²) >= 11 is 1.90. The van der Waals surface area contributed by atoms with E-state index in [9.17, 15) is 0 Å². The predicted octanol–water partition coefficient (Wildman–Crippen LogP) is 13.8. The molecule has 1 aliphatic carbocycles. The van der Waals surface area contributed by atoms with Crippen molar-refractivity contribution in [2.75, 3.05) is 4.90 Å². The molecule has 0 atom stereocenters. The molecule has 0 spiro atoms. The van der Waals surface area contributed by atoms with Crippen molar-refractivity contribution in [3.8, 4) is 11.1 Å². The molecular weight excluding hydrogens is 611 g/mol. The van der Waals surface area contributed by atoms with Gasteiger partial charge in [-0.05, 0) is 129 Å². The minimum absolute atomic E-state index is 1.16. The summed E-state index contributed by atoms with van der Waals surface area (Å²) in [6, 6.07) is 54.5. The van der Waals surface area contributed by atoms with Crippen molar-refractivity contribution in [1.29, 1.82) is 0 Å². The van der Waals surface area contributed by atoms with E-state index in [1.165, 1.54) is 117 Å². The molecule has 0 saturated carbocycles. The third kappa shape index (κ3) is 4.59. The fraction of sp³-hybridized carbons (Fsp3) is 0.106. The lowest BCUT2D eigenvalue weighted by Gasteiger charge is -2.30. The Morgan fingerprint density at radius 2 is 1.02 bits per heavy atom. The first-order chi connectivity index (χ1) is 24.2. The summed E-state index contributed by atoms with van der Waals surface area (Å²) in [6.45, 7) is 2.29. The van der Waals surface area contributed by atoms with Crippen LogP contribution in [0.25, 0.3) is 63.6 Å². The zero-order chi connectivity index (χ0) is 32.5. The van der Waals surface area contributed by atoms with E-state index in [-0.39, 0.29) is 0 Å². The van der Waals surface area contributed by atoms with E-state index >= 15 is 0 Å². The van der Waals surface area contributed by atoms with Gasteiger partial charge in [-0.1, -0.05) is 109 Å². The van der Waals surface area contributed by atoms with Gasteiger partial charge in [0.25, 0.3) is 0 Å². The number of fused-ring (bicyclic) bond motifs is 10. The third-order valence-corrected chi connectivity index (χ3v) is 11.9. The van der Waals surface area contributed by atoms with Gasteiger partial charge in [0.1, 0.15) is 0 Å². The molecule has 234 valence electrons. The normalized spacial score (nSPS) is 13.1. The molecular formula is C47H35NS. The second kappa shape index (κ2) is 11.3. The summed E-state index contributed by atoms with van der Waals surface area (Å²) in [6.07, 6.45) is 4.91. The number of benzene rings is 8. The van der Waals surface area contributed by atoms with E-state index in [1.54, 1.807) is 0 Å². The highest BCUT2D eigenvalue weighted by atomic mass is 32.1. The molecule has 1 nitrogen and oxygen atoms in total. The summed E-state index contributed by atoms with van der Waals surface area (Å²) in [5, 5.41) is 10.5. The zero-order valence-corrected chi connectivity index (χ0v) is 28.4.